The lowest BCUT2D eigenvalue weighted by Crippen LogP contribution is -2.18. The van der Waals surface area contributed by atoms with Crippen molar-refractivity contribution in [1.82, 2.24) is 0 Å². The fraction of sp³-hybridized carbons (Fsp3) is 0.588. The number of benzene rings is 1. The molecule has 0 saturated carbocycles. The second-order valence-electron chi connectivity index (χ2n) is 7.42. The topological polar surface area (TPSA) is 89.3 Å². The molecule has 0 atom stereocenters. The molecule has 1 aromatic carbocycles. The Hall–Kier alpha value is -1.39. The first-order chi connectivity index (χ1) is 9.43. The number of phenols is 1. The molecule has 0 aliphatic carbocycles. The molecule has 0 aliphatic rings. The van der Waals surface area contributed by atoms with Gasteiger partial charge in [-0.1, -0.05) is 53.7 Å². The standard InChI is InChI=1S/C17H26O2.H4N2/c1-11(18)8-12-9-13(16(2,3)4)15(19)14(10-12)17(5,6)7;1-2/h9-10,19H,8H2,1-7H3;1-2H2. The summed E-state index contributed by atoms with van der Waals surface area (Å²) in [4.78, 5) is 11.4. The lowest BCUT2D eigenvalue weighted by Gasteiger charge is -2.28. The SMILES string of the molecule is CC(=O)Cc1cc(C(C)(C)C)c(O)c(C(C)(C)C)c1.NN. The summed E-state index contributed by atoms with van der Waals surface area (Å²) in [5.74, 6) is 8.51. The van der Waals surface area contributed by atoms with Crippen LogP contribution in [0.5, 0.6) is 5.75 Å². The number of ketones is 1. The average molecular weight is 294 g/mol. The van der Waals surface area contributed by atoms with Crippen LogP contribution in [0.4, 0.5) is 0 Å². The van der Waals surface area contributed by atoms with E-state index >= 15 is 0 Å². The van der Waals surface area contributed by atoms with Crippen LogP contribution < -0.4 is 11.7 Å². The minimum atomic E-state index is -0.142. The number of Topliss-reactive ketones (excluding diaryl/α,β-unsaturated/α-hetero) is 1. The van der Waals surface area contributed by atoms with E-state index < -0.39 is 0 Å². The van der Waals surface area contributed by atoms with Crippen molar-refractivity contribution in [2.45, 2.75) is 65.7 Å². The van der Waals surface area contributed by atoms with Crippen LogP contribution in [0.1, 0.15) is 65.2 Å². The van der Waals surface area contributed by atoms with Gasteiger partial charge in [0.25, 0.3) is 0 Å². The average Bonchev–Trinajstić information content (AvgIpc) is 2.30. The Kier molecular flexibility index (Phi) is 6.58. The van der Waals surface area contributed by atoms with Crippen LogP contribution in [0.3, 0.4) is 0 Å². The maximum absolute atomic E-state index is 11.4. The van der Waals surface area contributed by atoms with Gasteiger partial charge in [0.05, 0.1) is 0 Å². The molecule has 4 heteroatoms. The Balaban J connectivity index is 0.00000191. The van der Waals surface area contributed by atoms with Crippen LogP contribution in [-0.2, 0) is 22.0 Å². The molecular weight excluding hydrogens is 264 g/mol. The van der Waals surface area contributed by atoms with Gasteiger partial charge in [-0.3, -0.25) is 16.5 Å². The lowest BCUT2D eigenvalue weighted by atomic mass is 9.78. The van der Waals surface area contributed by atoms with Crippen LogP contribution in [0.2, 0.25) is 0 Å². The molecule has 21 heavy (non-hydrogen) atoms. The van der Waals surface area contributed by atoms with Crippen LogP contribution >= 0.6 is 0 Å². The second kappa shape index (κ2) is 7.05. The summed E-state index contributed by atoms with van der Waals surface area (Å²) >= 11 is 0. The molecule has 0 unspecified atom stereocenters. The van der Waals surface area contributed by atoms with E-state index in [1.54, 1.807) is 6.92 Å². The maximum Gasteiger partial charge on any atom is 0.134 e. The van der Waals surface area contributed by atoms with Gasteiger partial charge >= 0.3 is 0 Å². The van der Waals surface area contributed by atoms with Crippen LogP contribution in [0, 0.1) is 0 Å². The number of carbonyl (C=O) groups excluding carboxylic acids is 1. The number of phenolic OH excluding ortho intramolecular Hbond substituents is 1. The third kappa shape index (κ3) is 5.48. The van der Waals surface area contributed by atoms with Gasteiger partial charge in [0.2, 0.25) is 0 Å². The highest BCUT2D eigenvalue weighted by Crippen LogP contribution is 2.39. The van der Waals surface area contributed by atoms with Crippen molar-refractivity contribution >= 4 is 5.78 Å². The predicted molar refractivity (Wildman–Crippen MR) is 88.3 cm³/mol. The fourth-order valence-corrected chi connectivity index (χ4v) is 2.23. The molecular formula is C17H30N2O2. The van der Waals surface area contributed by atoms with Gasteiger partial charge < -0.3 is 5.11 Å². The number of aromatic hydroxyl groups is 1. The van der Waals surface area contributed by atoms with Crippen LogP contribution in [0.15, 0.2) is 12.1 Å². The van der Waals surface area contributed by atoms with E-state index in [1.807, 2.05) is 12.1 Å². The van der Waals surface area contributed by atoms with E-state index in [0.717, 1.165) is 16.7 Å². The third-order valence-electron chi connectivity index (χ3n) is 3.24. The molecule has 4 nitrogen and oxygen atoms in total. The van der Waals surface area contributed by atoms with Gasteiger partial charge in [-0.15, -0.1) is 0 Å². The first-order valence-corrected chi connectivity index (χ1v) is 7.12. The predicted octanol–water partition coefficient (Wildman–Crippen LogP) is 2.94. The Morgan fingerprint density at radius 3 is 1.57 bits per heavy atom. The summed E-state index contributed by atoms with van der Waals surface area (Å²) in [6.07, 6.45) is 0.423. The number of hydrogen-bond donors (Lipinski definition) is 3. The summed E-state index contributed by atoms with van der Waals surface area (Å²) < 4.78 is 0. The van der Waals surface area contributed by atoms with Crippen LogP contribution in [0.25, 0.3) is 0 Å². The summed E-state index contributed by atoms with van der Waals surface area (Å²) in [5, 5.41) is 10.5. The summed E-state index contributed by atoms with van der Waals surface area (Å²) in [7, 11) is 0. The van der Waals surface area contributed by atoms with E-state index in [2.05, 4.69) is 53.2 Å². The van der Waals surface area contributed by atoms with E-state index in [-0.39, 0.29) is 16.6 Å². The van der Waals surface area contributed by atoms with E-state index in [4.69, 9.17) is 0 Å². The molecule has 0 radical (unpaired) electrons. The molecule has 0 fully saturated rings. The number of hydrazine groups is 1. The van der Waals surface area contributed by atoms with Gasteiger partial charge in [-0.05, 0) is 34.4 Å². The monoisotopic (exact) mass is 294 g/mol. The normalized spacial score (nSPS) is 11.7. The van der Waals surface area contributed by atoms with E-state index in [0.29, 0.717) is 12.2 Å². The molecule has 0 aliphatic heterocycles. The molecule has 0 heterocycles. The summed E-state index contributed by atoms with van der Waals surface area (Å²) in [5.41, 5.74) is 2.53. The highest BCUT2D eigenvalue weighted by molar-refractivity contribution is 5.78. The number of hydrogen-bond acceptors (Lipinski definition) is 4. The van der Waals surface area contributed by atoms with Crippen molar-refractivity contribution in [2.75, 3.05) is 0 Å². The summed E-state index contributed by atoms with van der Waals surface area (Å²) in [6.45, 7) is 14.1. The Bertz CT molecular complexity index is 459. The second-order valence-corrected chi connectivity index (χ2v) is 7.42. The van der Waals surface area contributed by atoms with Gasteiger partial charge in [0.1, 0.15) is 11.5 Å². The van der Waals surface area contributed by atoms with Gasteiger partial charge in [0.15, 0.2) is 0 Å². The molecule has 1 rings (SSSR count). The lowest BCUT2D eigenvalue weighted by molar-refractivity contribution is -0.116. The molecule has 120 valence electrons. The number of carbonyl (C=O) groups is 1. The Morgan fingerprint density at radius 2 is 1.33 bits per heavy atom. The Morgan fingerprint density at radius 1 is 1.00 bits per heavy atom. The molecule has 0 saturated heterocycles. The van der Waals surface area contributed by atoms with Gasteiger partial charge in [-0.2, -0.15) is 0 Å². The maximum atomic E-state index is 11.4. The molecule has 5 N–H and O–H groups in total. The number of nitrogens with two attached hydrogens (primary N) is 2. The van der Waals surface area contributed by atoms with Gasteiger partial charge in [0, 0.05) is 6.42 Å². The van der Waals surface area contributed by atoms with Crippen molar-refractivity contribution < 1.29 is 9.90 Å². The summed E-state index contributed by atoms with van der Waals surface area (Å²) in [6, 6.07) is 3.93. The minimum Gasteiger partial charge on any atom is -0.507 e. The van der Waals surface area contributed by atoms with Gasteiger partial charge in [-0.25, -0.2) is 0 Å². The molecule has 0 aromatic heterocycles. The molecule has 0 bridgehead atoms. The minimum absolute atomic E-state index is 0.142. The van der Waals surface area contributed by atoms with Crippen molar-refractivity contribution in [2.24, 2.45) is 11.7 Å². The van der Waals surface area contributed by atoms with Crippen molar-refractivity contribution in [1.29, 1.82) is 0 Å². The highest BCUT2D eigenvalue weighted by Gasteiger charge is 2.26. The molecule has 0 amide bonds. The zero-order chi connectivity index (χ0) is 17.0. The zero-order valence-electron chi connectivity index (χ0n) is 14.4. The van der Waals surface area contributed by atoms with E-state index in [1.165, 1.54) is 0 Å². The number of rotatable bonds is 2. The van der Waals surface area contributed by atoms with Crippen molar-refractivity contribution in [3.8, 4) is 5.75 Å². The largest absolute Gasteiger partial charge is 0.507 e. The van der Waals surface area contributed by atoms with Crippen LogP contribution in [-0.4, -0.2) is 10.9 Å². The first kappa shape index (κ1) is 19.6. The quantitative estimate of drug-likeness (QED) is 0.578. The highest BCUT2D eigenvalue weighted by atomic mass is 16.3. The fourth-order valence-electron chi connectivity index (χ4n) is 2.23. The smallest absolute Gasteiger partial charge is 0.134 e. The first-order valence-electron chi connectivity index (χ1n) is 7.12. The third-order valence-corrected chi connectivity index (χ3v) is 3.24. The van der Waals surface area contributed by atoms with E-state index in [9.17, 15) is 9.90 Å². The molecule has 0 spiro atoms. The zero-order valence-corrected chi connectivity index (χ0v) is 14.4. The molecule has 1 aromatic rings. The van der Waals surface area contributed by atoms with Crippen molar-refractivity contribution in [3.63, 3.8) is 0 Å². The Labute approximate surface area is 128 Å². The van der Waals surface area contributed by atoms with Crippen molar-refractivity contribution in [3.05, 3.63) is 28.8 Å².